The Morgan fingerprint density at radius 1 is 0.966 bits per heavy atom. The topological polar surface area (TPSA) is 62.5 Å². The van der Waals surface area contributed by atoms with Crippen LogP contribution in [0, 0.1) is 0 Å². The highest BCUT2D eigenvalue weighted by Crippen LogP contribution is 2.25. The molecule has 0 fully saturated rings. The summed E-state index contributed by atoms with van der Waals surface area (Å²) in [5.74, 6) is 0.974. The van der Waals surface area contributed by atoms with Gasteiger partial charge in [0.1, 0.15) is 16.2 Å². The summed E-state index contributed by atoms with van der Waals surface area (Å²) in [6, 6.07) is 14.0. The average molecular weight is 429 g/mol. The van der Waals surface area contributed by atoms with Crippen molar-refractivity contribution in [3.8, 4) is 17.2 Å². The van der Waals surface area contributed by atoms with Crippen molar-refractivity contribution in [3.05, 3.63) is 85.3 Å². The second-order valence-electron chi connectivity index (χ2n) is 6.34. The zero-order valence-electron chi connectivity index (χ0n) is 15.7. The summed E-state index contributed by atoms with van der Waals surface area (Å²) >= 11 is 7.27. The Morgan fingerprint density at radius 2 is 1.62 bits per heavy atom. The maximum Gasteiger partial charge on any atom is 0.336 e. The Bertz CT molecular complexity index is 1280. The van der Waals surface area contributed by atoms with Gasteiger partial charge in [-0.1, -0.05) is 23.7 Å². The molecule has 0 spiro atoms. The second-order valence-corrected chi connectivity index (χ2v) is 7.69. The third-order valence-corrected chi connectivity index (χ3v) is 5.75. The van der Waals surface area contributed by atoms with Crippen LogP contribution in [0.25, 0.3) is 15.9 Å². The number of hydrogen-bond donors (Lipinski definition) is 0. The summed E-state index contributed by atoms with van der Waals surface area (Å²) in [6.45, 7) is 0.310. The normalized spacial score (nSPS) is 11.0. The fourth-order valence-corrected chi connectivity index (χ4v) is 4.11. The molecule has 0 saturated carbocycles. The fraction of sp³-hybridized carbons (Fsp3) is 0.143. The highest BCUT2D eigenvalue weighted by molar-refractivity contribution is 7.17. The van der Waals surface area contributed by atoms with Crippen molar-refractivity contribution in [2.24, 2.45) is 0 Å². The summed E-state index contributed by atoms with van der Waals surface area (Å²) in [6.07, 6.45) is 0. The standard InChI is InChI=1S/C21H17ClN2O4S/c1-27-16-9-15(10-17(11-16)28-2)24-20(25)19-18(7-8-29-19)23(21(24)26)12-13-3-5-14(22)6-4-13/h3-11H,12H2,1-2H3. The molecule has 4 aromatic rings. The SMILES string of the molecule is COc1cc(OC)cc(-n2c(=O)c3sccc3n(Cc3ccc(Cl)cc3)c2=O)c1. The fourth-order valence-electron chi connectivity index (χ4n) is 3.16. The van der Waals surface area contributed by atoms with Crippen molar-refractivity contribution in [2.45, 2.75) is 6.54 Å². The number of halogens is 1. The molecule has 0 N–H and O–H groups in total. The Labute approximate surface area is 175 Å². The highest BCUT2D eigenvalue weighted by Gasteiger charge is 2.17. The Morgan fingerprint density at radius 3 is 2.24 bits per heavy atom. The van der Waals surface area contributed by atoms with Crippen molar-refractivity contribution in [3.63, 3.8) is 0 Å². The number of ether oxygens (including phenoxy) is 2. The first-order valence-corrected chi connectivity index (χ1v) is 9.98. The minimum Gasteiger partial charge on any atom is -0.497 e. The molecule has 0 atom stereocenters. The number of fused-ring (bicyclic) bond motifs is 1. The summed E-state index contributed by atoms with van der Waals surface area (Å²) in [5.41, 5.74) is 1.08. The van der Waals surface area contributed by atoms with Crippen LogP contribution in [0.15, 0.2) is 63.5 Å². The summed E-state index contributed by atoms with van der Waals surface area (Å²) in [5, 5.41) is 2.43. The van der Waals surface area contributed by atoms with Gasteiger partial charge in [0.05, 0.1) is 32.0 Å². The van der Waals surface area contributed by atoms with E-state index in [0.29, 0.717) is 39.0 Å². The molecule has 8 heteroatoms. The molecule has 0 aliphatic rings. The van der Waals surface area contributed by atoms with E-state index in [0.717, 1.165) is 10.1 Å². The third-order valence-electron chi connectivity index (χ3n) is 4.60. The second kappa shape index (κ2) is 7.77. The number of benzene rings is 2. The van der Waals surface area contributed by atoms with E-state index < -0.39 is 5.69 Å². The van der Waals surface area contributed by atoms with Crippen LogP contribution < -0.4 is 20.7 Å². The molecular formula is C21H17ClN2O4S. The number of rotatable bonds is 5. The van der Waals surface area contributed by atoms with Crippen molar-refractivity contribution in [1.29, 1.82) is 0 Å². The van der Waals surface area contributed by atoms with Crippen LogP contribution in [0.4, 0.5) is 0 Å². The molecule has 29 heavy (non-hydrogen) atoms. The van der Waals surface area contributed by atoms with Crippen molar-refractivity contribution < 1.29 is 9.47 Å². The van der Waals surface area contributed by atoms with Gasteiger partial charge < -0.3 is 9.47 Å². The van der Waals surface area contributed by atoms with E-state index in [-0.39, 0.29) is 5.56 Å². The summed E-state index contributed by atoms with van der Waals surface area (Å²) < 4.78 is 13.8. The lowest BCUT2D eigenvalue weighted by Gasteiger charge is -2.14. The van der Waals surface area contributed by atoms with Crippen LogP contribution >= 0.6 is 22.9 Å². The molecule has 0 saturated heterocycles. The minimum absolute atomic E-state index is 0.310. The van der Waals surface area contributed by atoms with Crippen LogP contribution in [0.3, 0.4) is 0 Å². The van der Waals surface area contributed by atoms with Gasteiger partial charge in [-0.2, -0.15) is 0 Å². The van der Waals surface area contributed by atoms with Crippen molar-refractivity contribution >= 4 is 33.2 Å². The number of methoxy groups -OCH3 is 2. The largest absolute Gasteiger partial charge is 0.497 e. The molecule has 0 aliphatic heterocycles. The molecule has 2 heterocycles. The first-order valence-electron chi connectivity index (χ1n) is 8.73. The van der Waals surface area contributed by atoms with Crippen LogP contribution in [-0.4, -0.2) is 23.4 Å². The molecule has 2 aromatic heterocycles. The van der Waals surface area contributed by atoms with E-state index in [1.165, 1.54) is 25.6 Å². The van der Waals surface area contributed by atoms with Gasteiger partial charge in [0.2, 0.25) is 0 Å². The predicted octanol–water partition coefficient (Wildman–Crippen LogP) is 3.93. The molecule has 148 valence electrons. The number of thiophene rings is 1. The van der Waals surface area contributed by atoms with E-state index in [1.807, 2.05) is 12.1 Å². The third kappa shape index (κ3) is 3.54. The Hall–Kier alpha value is -3.03. The zero-order valence-corrected chi connectivity index (χ0v) is 17.3. The van der Waals surface area contributed by atoms with E-state index in [1.54, 1.807) is 46.3 Å². The first kappa shape index (κ1) is 19.3. The van der Waals surface area contributed by atoms with Crippen LogP contribution in [0.1, 0.15) is 5.56 Å². The minimum atomic E-state index is -0.439. The molecule has 4 rings (SSSR count). The molecule has 6 nitrogen and oxygen atoms in total. The molecular weight excluding hydrogens is 412 g/mol. The van der Waals surface area contributed by atoms with Gasteiger partial charge in [0.25, 0.3) is 5.56 Å². The molecule has 0 unspecified atom stereocenters. The predicted molar refractivity (Wildman–Crippen MR) is 115 cm³/mol. The van der Waals surface area contributed by atoms with E-state index in [2.05, 4.69) is 0 Å². The van der Waals surface area contributed by atoms with E-state index in [4.69, 9.17) is 21.1 Å². The van der Waals surface area contributed by atoms with Gasteiger partial charge in [-0.15, -0.1) is 11.3 Å². The van der Waals surface area contributed by atoms with Gasteiger partial charge in [0.15, 0.2) is 0 Å². The maximum absolute atomic E-state index is 13.4. The molecule has 0 bridgehead atoms. The van der Waals surface area contributed by atoms with Gasteiger partial charge in [0, 0.05) is 23.2 Å². The van der Waals surface area contributed by atoms with Crippen LogP contribution in [0.5, 0.6) is 11.5 Å². The molecule has 0 amide bonds. The lowest BCUT2D eigenvalue weighted by Crippen LogP contribution is -2.38. The Kier molecular flexibility index (Phi) is 5.17. The lowest BCUT2D eigenvalue weighted by atomic mass is 10.2. The van der Waals surface area contributed by atoms with Gasteiger partial charge >= 0.3 is 5.69 Å². The summed E-state index contributed by atoms with van der Waals surface area (Å²) in [4.78, 5) is 26.5. The van der Waals surface area contributed by atoms with Crippen molar-refractivity contribution in [2.75, 3.05) is 14.2 Å². The molecule has 0 aliphatic carbocycles. The van der Waals surface area contributed by atoms with Gasteiger partial charge in [-0.3, -0.25) is 9.36 Å². The van der Waals surface area contributed by atoms with Gasteiger partial charge in [-0.25, -0.2) is 9.36 Å². The number of nitrogens with zero attached hydrogens (tertiary/aromatic N) is 2. The maximum atomic E-state index is 13.4. The smallest absolute Gasteiger partial charge is 0.336 e. The number of aromatic nitrogens is 2. The first-order chi connectivity index (χ1) is 14.0. The summed E-state index contributed by atoms with van der Waals surface area (Å²) in [7, 11) is 3.03. The Balaban J connectivity index is 1.97. The van der Waals surface area contributed by atoms with Gasteiger partial charge in [-0.05, 0) is 29.1 Å². The van der Waals surface area contributed by atoms with Crippen LogP contribution in [-0.2, 0) is 6.54 Å². The lowest BCUT2D eigenvalue weighted by molar-refractivity contribution is 0.394. The van der Waals surface area contributed by atoms with Crippen LogP contribution in [0.2, 0.25) is 5.02 Å². The van der Waals surface area contributed by atoms with E-state index >= 15 is 0 Å². The molecule has 0 radical (unpaired) electrons. The monoisotopic (exact) mass is 428 g/mol. The average Bonchev–Trinajstić information content (AvgIpc) is 3.22. The van der Waals surface area contributed by atoms with Crippen molar-refractivity contribution in [1.82, 2.24) is 9.13 Å². The molecule has 2 aromatic carbocycles. The number of hydrogen-bond acceptors (Lipinski definition) is 5. The highest BCUT2D eigenvalue weighted by atomic mass is 35.5. The van der Waals surface area contributed by atoms with E-state index in [9.17, 15) is 9.59 Å². The quantitative estimate of drug-likeness (QED) is 0.483. The zero-order chi connectivity index (χ0) is 20.5.